The van der Waals surface area contributed by atoms with Gasteiger partial charge in [-0.2, -0.15) is 12.6 Å². The molecule has 0 fully saturated rings. The summed E-state index contributed by atoms with van der Waals surface area (Å²) in [5, 5.41) is 4.95. The van der Waals surface area contributed by atoms with E-state index in [9.17, 15) is 9.59 Å². The van der Waals surface area contributed by atoms with Gasteiger partial charge < -0.3 is 10.6 Å². The lowest BCUT2D eigenvalue weighted by atomic mass is 11.0. The maximum atomic E-state index is 10.6. The van der Waals surface area contributed by atoms with Crippen molar-refractivity contribution >= 4 is 36.0 Å². The van der Waals surface area contributed by atoms with E-state index in [1.54, 1.807) is 0 Å². The van der Waals surface area contributed by atoms with Crippen molar-refractivity contribution in [2.24, 2.45) is 0 Å². The van der Waals surface area contributed by atoms with Gasteiger partial charge in [0.2, 0.25) is 6.41 Å². The van der Waals surface area contributed by atoms with Crippen molar-refractivity contribution in [2.45, 2.75) is 0 Å². The monoisotopic (exact) mass is 180 g/mol. The van der Waals surface area contributed by atoms with Gasteiger partial charge in [-0.25, -0.2) is 0 Å². The Morgan fingerprint density at radius 2 is 2.40 bits per heavy atom. The first kappa shape index (κ1) is 9.64. The molecule has 0 saturated heterocycles. The van der Waals surface area contributed by atoms with Gasteiger partial charge in [0, 0.05) is 5.08 Å². The molecule has 0 saturated carbocycles. The van der Waals surface area contributed by atoms with Crippen molar-refractivity contribution in [3.8, 4) is 0 Å². The number of hydrogen-bond acceptors (Lipinski definition) is 4. The lowest BCUT2D eigenvalue weighted by Gasteiger charge is -1.99. The number of amides is 2. The number of carbonyl (C=O) groups excluding carboxylic acids is 2. The molecule has 0 aromatic heterocycles. The van der Waals surface area contributed by atoms with Crippen LogP contribution in [0.3, 0.4) is 0 Å². The number of nitrogens with one attached hydrogen (secondary N) is 2. The number of thiol groups is 1. The molecular weight excluding hydrogens is 172 g/mol. The van der Waals surface area contributed by atoms with Crippen LogP contribution in [-0.4, -0.2) is 23.4 Å². The molecule has 0 aliphatic heterocycles. The Labute approximate surface area is 68.5 Å². The lowest BCUT2D eigenvalue weighted by Crippen LogP contribution is -2.30. The Kier molecular flexibility index (Phi) is 6.51. The first-order chi connectivity index (χ1) is 4.81. The van der Waals surface area contributed by atoms with Crippen molar-refractivity contribution in [1.82, 2.24) is 10.6 Å². The minimum atomic E-state index is -0.190. The smallest absolute Gasteiger partial charge is 0.281 e. The quantitative estimate of drug-likeness (QED) is 0.247. The summed E-state index contributed by atoms with van der Waals surface area (Å²) in [4.78, 5) is 20.2. The van der Waals surface area contributed by atoms with Crippen molar-refractivity contribution in [3.05, 3.63) is 0 Å². The summed E-state index contributed by atoms with van der Waals surface area (Å²) in [5.41, 5.74) is 0. The molecule has 0 aliphatic rings. The predicted molar refractivity (Wildman–Crippen MR) is 44.0 cm³/mol. The van der Waals surface area contributed by atoms with Crippen LogP contribution in [-0.2, 0) is 4.79 Å². The van der Waals surface area contributed by atoms with Crippen LogP contribution in [0.1, 0.15) is 0 Å². The fourth-order valence-corrected chi connectivity index (χ4v) is 0.918. The van der Waals surface area contributed by atoms with Gasteiger partial charge >= 0.3 is 0 Å². The van der Waals surface area contributed by atoms with Crippen LogP contribution in [0.2, 0.25) is 0 Å². The van der Waals surface area contributed by atoms with E-state index < -0.39 is 0 Å². The minimum Gasteiger partial charge on any atom is -0.341 e. The minimum absolute atomic E-state index is 0.170. The molecule has 0 unspecified atom stereocenters. The topological polar surface area (TPSA) is 58.2 Å². The highest BCUT2D eigenvalue weighted by Gasteiger charge is 1.95. The molecule has 4 nitrogen and oxygen atoms in total. The van der Waals surface area contributed by atoms with Gasteiger partial charge in [-0.1, -0.05) is 11.8 Å². The van der Waals surface area contributed by atoms with Crippen molar-refractivity contribution in [2.75, 3.05) is 11.8 Å². The fraction of sp³-hybridized carbons (Fsp3) is 0.500. The SMILES string of the molecule is O=CNCNC(=O)SCS. The molecule has 0 radical (unpaired) electrons. The molecule has 10 heavy (non-hydrogen) atoms. The van der Waals surface area contributed by atoms with Gasteiger partial charge in [-0.3, -0.25) is 9.59 Å². The van der Waals surface area contributed by atoms with Crippen molar-refractivity contribution in [1.29, 1.82) is 0 Å². The zero-order valence-corrected chi connectivity index (χ0v) is 6.87. The summed E-state index contributed by atoms with van der Waals surface area (Å²) in [6.07, 6.45) is 0.519. The predicted octanol–water partition coefficient (Wildman–Crippen LogP) is 0.0200. The zero-order chi connectivity index (χ0) is 7.82. The summed E-state index contributed by atoms with van der Waals surface area (Å²) in [6.45, 7) is 0.170. The van der Waals surface area contributed by atoms with E-state index in [0.29, 0.717) is 11.5 Å². The molecule has 2 amide bonds. The molecule has 0 aromatic rings. The van der Waals surface area contributed by atoms with Crippen LogP contribution in [0.5, 0.6) is 0 Å². The Morgan fingerprint density at radius 3 is 2.90 bits per heavy atom. The maximum absolute atomic E-state index is 10.6. The van der Waals surface area contributed by atoms with Crippen LogP contribution in [0.15, 0.2) is 0 Å². The second-order valence-electron chi connectivity index (χ2n) is 1.24. The summed E-state index contributed by atoms with van der Waals surface area (Å²) in [6, 6.07) is 0. The fourth-order valence-electron chi connectivity index (χ4n) is 0.275. The number of rotatable bonds is 4. The lowest BCUT2D eigenvalue weighted by molar-refractivity contribution is -0.109. The van der Waals surface area contributed by atoms with E-state index in [1.807, 2.05) is 0 Å². The highest BCUT2D eigenvalue weighted by Crippen LogP contribution is 2.01. The molecule has 58 valence electrons. The van der Waals surface area contributed by atoms with Crippen LogP contribution >= 0.6 is 24.4 Å². The number of thioether (sulfide) groups is 1. The van der Waals surface area contributed by atoms with Gasteiger partial charge in [0.15, 0.2) is 0 Å². The largest absolute Gasteiger partial charge is 0.341 e. The highest BCUT2D eigenvalue weighted by molar-refractivity contribution is 8.20. The Hall–Kier alpha value is -0.360. The van der Waals surface area contributed by atoms with Gasteiger partial charge in [-0.15, -0.1) is 0 Å². The Bertz CT molecular complexity index is 120. The van der Waals surface area contributed by atoms with E-state index in [-0.39, 0.29) is 11.9 Å². The summed E-state index contributed by atoms with van der Waals surface area (Å²) < 4.78 is 0. The van der Waals surface area contributed by atoms with Gasteiger partial charge in [0.1, 0.15) is 0 Å². The molecule has 0 rings (SSSR count). The Morgan fingerprint density at radius 1 is 1.70 bits per heavy atom. The molecule has 0 heterocycles. The first-order valence-corrected chi connectivity index (χ1v) is 4.11. The van der Waals surface area contributed by atoms with Crippen LogP contribution in [0, 0.1) is 0 Å². The molecule has 0 bridgehead atoms. The summed E-state index contributed by atoms with van der Waals surface area (Å²) >= 11 is 4.86. The van der Waals surface area contributed by atoms with Gasteiger partial charge in [0.05, 0.1) is 6.67 Å². The second-order valence-corrected chi connectivity index (χ2v) is 2.93. The molecular formula is C4H8N2O2S2. The molecule has 6 heteroatoms. The average molecular weight is 180 g/mol. The van der Waals surface area contributed by atoms with Crippen LogP contribution in [0.25, 0.3) is 0 Å². The third-order valence-electron chi connectivity index (χ3n) is 0.614. The summed E-state index contributed by atoms with van der Waals surface area (Å²) in [7, 11) is 0. The molecule has 0 spiro atoms. The van der Waals surface area contributed by atoms with E-state index in [2.05, 4.69) is 23.3 Å². The summed E-state index contributed by atoms with van der Waals surface area (Å²) in [5.74, 6) is 0. The van der Waals surface area contributed by atoms with Crippen molar-refractivity contribution in [3.63, 3.8) is 0 Å². The molecule has 0 aliphatic carbocycles. The van der Waals surface area contributed by atoms with E-state index in [4.69, 9.17) is 0 Å². The average Bonchev–Trinajstić information content (AvgIpc) is 1.89. The highest BCUT2D eigenvalue weighted by atomic mass is 32.2. The maximum Gasteiger partial charge on any atom is 0.281 e. The van der Waals surface area contributed by atoms with E-state index in [0.717, 1.165) is 11.8 Å². The third kappa shape index (κ3) is 5.77. The zero-order valence-electron chi connectivity index (χ0n) is 5.16. The first-order valence-electron chi connectivity index (χ1n) is 2.49. The third-order valence-corrected chi connectivity index (χ3v) is 1.54. The second kappa shape index (κ2) is 6.76. The standard InChI is InChI=1S/C4H8N2O2S2/c7-2-5-1-6-4(8)10-3-9/h2,9H,1,3H2,(H,5,7)(H,6,8). The van der Waals surface area contributed by atoms with Crippen molar-refractivity contribution < 1.29 is 9.59 Å². The number of carbonyl (C=O) groups is 2. The van der Waals surface area contributed by atoms with Gasteiger partial charge in [-0.05, 0) is 0 Å². The Balaban J connectivity index is 3.13. The number of hydrogen-bond donors (Lipinski definition) is 3. The van der Waals surface area contributed by atoms with E-state index >= 15 is 0 Å². The van der Waals surface area contributed by atoms with E-state index in [1.165, 1.54) is 0 Å². The van der Waals surface area contributed by atoms with Gasteiger partial charge in [0.25, 0.3) is 5.24 Å². The molecule has 0 aromatic carbocycles. The normalized spacial score (nSPS) is 8.50. The van der Waals surface area contributed by atoms with Crippen LogP contribution in [0.4, 0.5) is 4.79 Å². The molecule has 0 atom stereocenters. The molecule has 2 N–H and O–H groups in total. The van der Waals surface area contributed by atoms with Crippen LogP contribution < -0.4 is 10.6 Å².